The third-order valence-corrected chi connectivity index (χ3v) is 2.75. The van der Waals surface area contributed by atoms with Crippen LogP contribution in [0.1, 0.15) is 24.4 Å². The SMILES string of the molecule is Cl.O=C1CCNC(c2ccc(Cl)cc2)C1. The second kappa shape index (κ2) is 5.50. The average Bonchev–Trinajstić information content (AvgIpc) is 2.19. The van der Waals surface area contributed by atoms with E-state index >= 15 is 0 Å². The summed E-state index contributed by atoms with van der Waals surface area (Å²) in [6.07, 6.45) is 1.26. The lowest BCUT2D eigenvalue weighted by molar-refractivity contribution is -0.120. The van der Waals surface area contributed by atoms with Crippen LogP contribution in [-0.2, 0) is 4.79 Å². The molecule has 1 fully saturated rings. The number of halogens is 2. The first-order valence-corrected chi connectivity index (χ1v) is 5.14. The zero-order valence-corrected chi connectivity index (χ0v) is 9.77. The Balaban J connectivity index is 0.00000112. The largest absolute Gasteiger partial charge is 0.309 e. The fraction of sp³-hybridized carbons (Fsp3) is 0.364. The summed E-state index contributed by atoms with van der Waals surface area (Å²) in [6, 6.07) is 7.83. The molecule has 1 heterocycles. The van der Waals surface area contributed by atoms with Gasteiger partial charge in [0.15, 0.2) is 0 Å². The number of rotatable bonds is 1. The fourth-order valence-electron chi connectivity index (χ4n) is 1.72. The maximum absolute atomic E-state index is 11.2. The lowest BCUT2D eigenvalue weighted by Crippen LogP contribution is -2.31. The Morgan fingerprint density at radius 3 is 2.53 bits per heavy atom. The highest BCUT2D eigenvalue weighted by Gasteiger charge is 2.19. The smallest absolute Gasteiger partial charge is 0.136 e. The molecule has 0 saturated carbocycles. The molecule has 0 radical (unpaired) electrons. The van der Waals surface area contributed by atoms with Crippen molar-refractivity contribution in [2.24, 2.45) is 0 Å². The van der Waals surface area contributed by atoms with E-state index in [0.29, 0.717) is 18.6 Å². The normalized spacial score (nSPS) is 20.9. The quantitative estimate of drug-likeness (QED) is 0.825. The number of benzene rings is 1. The first-order chi connectivity index (χ1) is 6.75. The highest BCUT2D eigenvalue weighted by atomic mass is 35.5. The van der Waals surface area contributed by atoms with Gasteiger partial charge >= 0.3 is 0 Å². The van der Waals surface area contributed by atoms with Gasteiger partial charge in [0, 0.05) is 30.5 Å². The van der Waals surface area contributed by atoms with Crippen LogP contribution in [0.2, 0.25) is 5.02 Å². The number of hydrogen-bond donors (Lipinski definition) is 1. The second-order valence-electron chi connectivity index (χ2n) is 3.55. The van der Waals surface area contributed by atoms with Crippen molar-refractivity contribution >= 4 is 29.8 Å². The molecule has 15 heavy (non-hydrogen) atoms. The van der Waals surface area contributed by atoms with Gasteiger partial charge in [0.2, 0.25) is 0 Å². The number of nitrogens with one attached hydrogen (secondary N) is 1. The topological polar surface area (TPSA) is 29.1 Å². The highest BCUT2D eigenvalue weighted by molar-refractivity contribution is 6.30. The summed E-state index contributed by atoms with van der Waals surface area (Å²) >= 11 is 5.79. The molecule has 1 unspecified atom stereocenters. The summed E-state index contributed by atoms with van der Waals surface area (Å²) in [5, 5.41) is 4.05. The first kappa shape index (κ1) is 12.5. The van der Waals surface area contributed by atoms with Crippen LogP contribution in [0.3, 0.4) is 0 Å². The predicted molar refractivity (Wildman–Crippen MR) is 63.7 cm³/mol. The van der Waals surface area contributed by atoms with Crippen LogP contribution in [0.15, 0.2) is 24.3 Å². The molecule has 1 aliphatic rings. The Hall–Kier alpha value is -0.570. The molecule has 1 N–H and O–H groups in total. The van der Waals surface area contributed by atoms with E-state index in [2.05, 4.69) is 5.32 Å². The Bertz CT molecular complexity index is 337. The molecule has 82 valence electrons. The second-order valence-corrected chi connectivity index (χ2v) is 3.99. The molecule has 2 nitrogen and oxygen atoms in total. The van der Waals surface area contributed by atoms with Crippen LogP contribution in [-0.4, -0.2) is 12.3 Å². The first-order valence-electron chi connectivity index (χ1n) is 4.76. The summed E-state index contributed by atoms with van der Waals surface area (Å²) in [5.41, 5.74) is 1.14. The van der Waals surface area contributed by atoms with Gasteiger partial charge in [-0.1, -0.05) is 23.7 Å². The van der Waals surface area contributed by atoms with Gasteiger partial charge in [-0.05, 0) is 17.7 Å². The monoisotopic (exact) mass is 245 g/mol. The number of piperidine rings is 1. The lowest BCUT2D eigenvalue weighted by atomic mass is 9.97. The van der Waals surface area contributed by atoms with E-state index < -0.39 is 0 Å². The number of hydrogen-bond acceptors (Lipinski definition) is 2. The van der Waals surface area contributed by atoms with Crippen LogP contribution in [0.25, 0.3) is 0 Å². The Morgan fingerprint density at radius 1 is 1.27 bits per heavy atom. The number of Topliss-reactive ketones (excluding diaryl/α,β-unsaturated/α-hetero) is 1. The van der Waals surface area contributed by atoms with E-state index in [9.17, 15) is 4.79 Å². The lowest BCUT2D eigenvalue weighted by Gasteiger charge is -2.22. The van der Waals surface area contributed by atoms with Gasteiger partial charge < -0.3 is 5.32 Å². The molecule has 0 bridgehead atoms. The molecule has 1 saturated heterocycles. The van der Waals surface area contributed by atoms with Gasteiger partial charge in [0.05, 0.1) is 0 Å². The van der Waals surface area contributed by atoms with Crippen molar-refractivity contribution in [2.75, 3.05) is 6.54 Å². The standard InChI is InChI=1S/C11H12ClNO.ClH/c12-9-3-1-8(2-4-9)11-7-10(14)5-6-13-11;/h1-4,11,13H,5-7H2;1H. The van der Waals surface area contributed by atoms with Crippen molar-refractivity contribution in [1.29, 1.82) is 0 Å². The molecule has 0 aliphatic carbocycles. The third kappa shape index (κ3) is 3.20. The Labute approximate surface area is 100 Å². The van der Waals surface area contributed by atoms with E-state index in [4.69, 9.17) is 11.6 Å². The summed E-state index contributed by atoms with van der Waals surface area (Å²) in [6.45, 7) is 0.784. The summed E-state index contributed by atoms with van der Waals surface area (Å²) in [4.78, 5) is 11.2. The number of ketones is 1. The Morgan fingerprint density at radius 2 is 1.93 bits per heavy atom. The maximum atomic E-state index is 11.2. The molecule has 2 rings (SSSR count). The van der Waals surface area contributed by atoms with Gasteiger partial charge in [-0.15, -0.1) is 12.4 Å². The number of carbonyl (C=O) groups excluding carboxylic acids is 1. The molecule has 1 atom stereocenters. The van der Waals surface area contributed by atoms with Gasteiger partial charge in [-0.3, -0.25) is 4.79 Å². The van der Waals surface area contributed by atoms with Crippen molar-refractivity contribution in [2.45, 2.75) is 18.9 Å². The molecule has 4 heteroatoms. The van der Waals surface area contributed by atoms with Crippen molar-refractivity contribution in [1.82, 2.24) is 5.32 Å². The minimum atomic E-state index is 0. The molecule has 1 aromatic rings. The van der Waals surface area contributed by atoms with Crippen LogP contribution < -0.4 is 5.32 Å². The summed E-state index contributed by atoms with van der Waals surface area (Å²) in [5.74, 6) is 0.337. The molecule has 1 aromatic carbocycles. The summed E-state index contributed by atoms with van der Waals surface area (Å²) < 4.78 is 0. The van der Waals surface area contributed by atoms with Gasteiger partial charge in [-0.25, -0.2) is 0 Å². The minimum absolute atomic E-state index is 0. The average molecular weight is 246 g/mol. The van der Waals surface area contributed by atoms with Gasteiger partial charge in [0.25, 0.3) is 0 Å². The Kier molecular flexibility index (Phi) is 4.58. The van der Waals surface area contributed by atoms with E-state index in [-0.39, 0.29) is 18.4 Å². The van der Waals surface area contributed by atoms with Crippen LogP contribution in [0.5, 0.6) is 0 Å². The molecule has 1 aliphatic heterocycles. The molecule has 0 aromatic heterocycles. The fourth-order valence-corrected chi connectivity index (χ4v) is 1.84. The van der Waals surface area contributed by atoms with Crippen molar-refractivity contribution < 1.29 is 4.79 Å². The van der Waals surface area contributed by atoms with E-state index in [0.717, 1.165) is 17.1 Å². The minimum Gasteiger partial charge on any atom is -0.309 e. The number of carbonyl (C=O) groups is 1. The highest BCUT2D eigenvalue weighted by Crippen LogP contribution is 2.22. The van der Waals surface area contributed by atoms with Crippen molar-refractivity contribution in [3.63, 3.8) is 0 Å². The molecule has 0 amide bonds. The van der Waals surface area contributed by atoms with Crippen molar-refractivity contribution in [3.05, 3.63) is 34.9 Å². The van der Waals surface area contributed by atoms with Crippen LogP contribution in [0, 0.1) is 0 Å². The maximum Gasteiger partial charge on any atom is 0.136 e. The van der Waals surface area contributed by atoms with E-state index in [1.807, 2.05) is 24.3 Å². The molecular weight excluding hydrogens is 233 g/mol. The predicted octanol–water partition coefficient (Wildman–Crippen LogP) is 2.76. The van der Waals surface area contributed by atoms with E-state index in [1.165, 1.54) is 0 Å². The van der Waals surface area contributed by atoms with Crippen LogP contribution >= 0.6 is 24.0 Å². The zero-order chi connectivity index (χ0) is 9.97. The molecule has 0 spiro atoms. The summed E-state index contributed by atoms with van der Waals surface area (Å²) in [7, 11) is 0. The van der Waals surface area contributed by atoms with Crippen LogP contribution in [0.4, 0.5) is 0 Å². The third-order valence-electron chi connectivity index (χ3n) is 2.50. The zero-order valence-electron chi connectivity index (χ0n) is 8.20. The van der Waals surface area contributed by atoms with Crippen molar-refractivity contribution in [3.8, 4) is 0 Å². The van der Waals surface area contributed by atoms with Gasteiger partial charge in [-0.2, -0.15) is 0 Å². The molecular formula is C11H13Cl2NO. The van der Waals surface area contributed by atoms with Gasteiger partial charge in [0.1, 0.15) is 5.78 Å². The van der Waals surface area contributed by atoms with E-state index in [1.54, 1.807) is 0 Å².